The summed E-state index contributed by atoms with van der Waals surface area (Å²) in [6, 6.07) is 0. The molecule has 108 valence electrons. The molecule has 1 aromatic rings. The maximum atomic E-state index is 11.7. The average Bonchev–Trinajstić information content (AvgIpc) is 2.34. The summed E-state index contributed by atoms with van der Waals surface area (Å²) in [4.78, 5) is 13.8. The molecule has 0 fully saturated rings. The van der Waals surface area contributed by atoms with Crippen LogP contribution in [0.1, 0.15) is 47.0 Å². The van der Waals surface area contributed by atoms with Gasteiger partial charge >= 0.3 is 0 Å². The standard InChI is InChI=1S/C15H26N2OS/c1-6-17(5)12-11(13(18)14(12)19)16-10-8-7-9-15(2,3)4/h16H,6-10H2,1-5H3. The van der Waals surface area contributed by atoms with E-state index in [4.69, 9.17) is 12.2 Å². The number of hydrogen-bond donors (Lipinski definition) is 1. The summed E-state index contributed by atoms with van der Waals surface area (Å²) in [5.74, 6) is 0. The van der Waals surface area contributed by atoms with Gasteiger partial charge in [-0.1, -0.05) is 39.4 Å². The van der Waals surface area contributed by atoms with E-state index >= 15 is 0 Å². The number of rotatable bonds is 7. The molecular formula is C15H26N2OS. The number of unbranched alkanes of at least 4 members (excludes halogenated alkanes) is 1. The molecule has 0 aliphatic heterocycles. The summed E-state index contributed by atoms with van der Waals surface area (Å²) in [6.07, 6.45) is 3.48. The lowest BCUT2D eigenvalue weighted by molar-refractivity contribution is 0.362. The summed E-state index contributed by atoms with van der Waals surface area (Å²) < 4.78 is 0.474. The smallest absolute Gasteiger partial charge is 0.223 e. The molecule has 0 aliphatic carbocycles. The van der Waals surface area contributed by atoms with E-state index in [1.165, 1.54) is 12.8 Å². The predicted molar refractivity (Wildman–Crippen MR) is 86.7 cm³/mol. The normalized spacial score (nSPS) is 11.8. The van der Waals surface area contributed by atoms with E-state index < -0.39 is 0 Å². The molecule has 1 rings (SSSR count). The minimum absolute atomic E-state index is 0.00104. The number of nitrogens with zero attached hydrogens (tertiary/aromatic N) is 1. The second-order valence-electron chi connectivity index (χ2n) is 6.34. The molecule has 0 saturated carbocycles. The van der Waals surface area contributed by atoms with Gasteiger partial charge in [0.15, 0.2) is 0 Å². The van der Waals surface area contributed by atoms with Crippen molar-refractivity contribution in [3.8, 4) is 0 Å². The highest BCUT2D eigenvalue weighted by Gasteiger charge is 2.19. The average molecular weight is 282 g/mol. The van der Waals surface area contributed by atoms with Crippen LogP contribution < -0.4 is 15.6 Å². The highest BCUT2D eigenvalue weighted by Crippen LogP contribution is 2.27. The monoisotopic (exact) mass is 282 g/mol. The van der Waals surface area contributed by atoms with Crippen LogP contribution in [0.4, 0.5) is 11.4 Å². The van der Waals surface area contributed by atoms with Crippen molar-refractivity contribution >= 4 is 23.6 Å². The van der Waals surface area contributed by atoms with E-state index in [-0.39, 0.29) is 5.43 Å². The van der Waals surface area contributed by atoms with Crippen molar-refractivity contribution in [3.63, 3.8) is 0 Å². The van der Waals surface area contributed by atoms with Crippen LogP contribution in [0.5, 0.6) is 0 Å². The van der Waals surface area contributed by atoms with Gasteiger partial charge < -0.3 is 10.2 Å². The Morgan fingerprint density at radius 2 is 1.89 bits per heavy atom. The largest absolute Gasteiger partial charge is 0.380 e. The first-order chi connectivity index (χ1) is 8.78. The van der Waals surface area contributed by atoms with Crippen molar-refractivity contribution in [1.29, 1.82) is 0 Å². The minimum Gasteiger partial charge on any atom is -0.380 e. The van der Waals surface area contributed by atoms with Gasteiger partial charge in [-0.3, -0.25) is 4.79 Å². The predicted octanol–water partition coefficient (Wildman–Crippen LogP) is 3.74. The van der Waals surface area contributed by atoms with Gasteiger partial charge in [0, 0.05) is 20.1 Å². The van der Waals surface area contributed by atoms with Crippen LogP contribution in [0.2, 0.25) is 0 Å². The van der Waals surface area contributed by atoms with E-state index in [1.54, 1.807) is 0 Å². The molecule has 0 atom stereocenters. The van der Waals surface area contributed by atoms with Crippen molar-refractivity contribution in [3.05, 3.63) is 14.7 Å². The molecule has 0 amide bonds. The first-order valence-corrected chi connectivity index (χ1v) is 7.47. The number of nitrogens with one attached hydrogen (secondary N) is 1. The molecule has 1 N–H and O–H groups in total. The van der Waals surface area contributed by atoms with Gasteiger partial charge in [0.05, 0.1) is 5.69 Å². The third-order valence-corrected chi connectivity index (χ3v) is 3.78. The molecule has 4 heteroatoms. The van der Waals surface area contributed by atoms with Gasteiger partial charge in [0.25, 0.3) is 0 Å². The third-order valence-electron chi connectivity index (χ3n) is 3.40. The zero-order valence-electron chi connectivity index (χ0n) is 12.8. The highest BCUT2D eigenvalue weighted by atomic mass is 32.1. The Labute approximate surface area is 121 Å². The Kier molecular flexibility index (Phi) is 5.53. The highest BCUT2D eigenvalue weighted by molar-refractivity contribution is 7.71. The van der Waals surface area contributed by atoms with Crippen molar-refractivity contribution < 1.29 is 0 Å². The van der Waals surface area contributed by atoms with Crippen LogP contribution in [-0.4, -0.2) is 20.1 Å². The lowest BCUT2D eigenvalue weighted by Crippen LogP contribution is -2.28. The van der Waals surface area contributed by atoms with Crippen LogP contribution in [0.25, 0.3) is 0 Å². The quantitative estimate of drug-likeness (QED) is 0.610. The molecule has 0 spiro atoms. The van der Waals surface area contributed by atoms with Gasteiger partial charge in [-0.05, 0) is 25.2 Å². The molecule has 0 radical (unpaired) electrons. The molecule has 3 nitrogen and oxygen atoms in total. The third kappa shape index (κ3) is 4.30. The molecule has 0 unspecified atom stereocenters. The molecule has 0 aromatic heterocycles. The van der Waals surface area contributed by atoms with Crippen LogP contribution >= 0.6 is 12.2 Å². The molecule has 19 heavy (non-hydrogen) atoms. The molecule has 1 aromatic carbocycles. The Balaban J connectivity index is 2.45. The molecule has 0 heterocycles. The minimum atomic E-state index is 0.00104. The van der Waals surface area contributed by atoms with Gasteiger partial charge in [-0.2, -0.15) is 0 Å². The zero-order valence-corrected chi connectivity index (χ0v) is 13.6. The second-order valence-corrected chi connectivity index (χ2v) is 6.75. The molecular weight excluding hydrogens is 256 g/mol. The first kappa shape index (κ1) is 16.2. The summed E-state index contributed by atoms with van der Waals surface area (Å²) >= 11 is 5.11. The lowest BCUT2D eigenvalue weighted by atomic mass is 9.90. The van der Waals surface area contributed by atoms with E-state index in [0.717, 1.165) is 25.2 Å². The van der Waals surface area contributed by atoms with E-state index in [0.29, 0.717) is 15.6 Å². The summed E-state index contributed by atoms with van der Waals surface area (Å²) in [5.41, 5.74) is 2.02. The topological polar surface area (TPSA) is 32.3 Å². The Bertz CT molecular complexity index is 481. The summed E-state index contributed by atoms with van der Waals surface area (Å²) in [6.45, 7) is 10.5. The Morgan fingerprint density at radius 1 is 1.26 bits per heavy atom. The van der Waals surface area contributed by atoms with Crippen molar-refractivity contribution in [2.45, 2.75) is 47.0 Å². The maximum absolute atomic E-state index is 11.7. The van der Waals surface area contributed by atoms with Crippen LogP contribution in [0.15, 0.2) is 4.79 Å². The zero-order chi connectivity index (χ0) is 14.6. The van der Waals surface area contributed by atoms with Gasteiger partial charge in [0.1, 0.15) is 10.2 Å². The van der Waals surface area contributed by atoms with Crippen LogP contribution in [0, 0.1) is 9.93 Å². The lowest BCUT2D eigenvalue weighted by Gasteiger charge is -2.23. The van der Waals surface area contributed by atoms with Crippen molar-refractivity contribution in [2.24, 2.45) is 5.41 Å². The fraction of sp³-hybridized carbons (Fsp3) is 0.733. The number of anilines is 2. The van der Waals surface area contributed by atoms with Gasteiger partial charge in [-0.25, -0.2) is 0 Å². The van der Waals surface area contributed by atoms with E-state index in [1.807, 2.05) is 11.9 Å². The number of hydrogen-bond acceptors (Lipinski definition) is 4. The van der Waals surface area contributed by atoms with Crippen molar-refractivity contribution in [1.82, 2.24) is 0 Å². The Hall–Kier alpha value is -0.900. The molecule has 0 saturated heterocycles. The fourth-order valence-electron chi connectivity index (χ4n) is 2.06. The second kappa shape index (κ2) is 6.51. The maximum Gasteiger partial charge on any atom is 0.223 e. The van der Waals surface area contributed by atoms with E-state index in [2.05, 4.69) is 33.0 Å². The Morgan fingerprint density at radius 3 is 2.42 bits per heavy atom. The van der Waals surface area contributed by atoms with Gasteiger partial charge in [-0.15, -0.1) is 0 Å². The van der Waals surface area contributed by atoms with Crippen LogP contribution in [0.3, 0.4) is 0 Å². The SMILES string of the molecule is CCN(C)c1c(NCCCCC(C)(C)C)c(=O)c1=S. The van der Waals surface area contributed by atoms with Crippen molar-refractivity contribution in [2.75, 3.05) is 30.4 Å². The molecule has 0 bridgehead atoms. The van der Waals surface area contributed by atoms with Crippen LogP contribution in [-0.2, 0) is 0 Å². The molecule has 0 aliphatic rings. The summed E-state index contributed by atoms with van der Waals surface area (Å²) in [5, 5.41) is 3.25. The first-order valence-electron chi connectivity index (χ1n) is 7.06. The van der Waals surface area contributed by atoms with Gasteiger partial charge in [0.2, 0.25) is 5.43 Å². The van der Waals surface area contributed by atoms with E-state index in [9.17, 15) is 4.79 Å². The summed E-state index contributed by atoms with van der Waals surface area (Å²) in [7, 11) is 1.97. The fourth-order valence-corrected chi connectivity index (χ4v) is 2.42.